The largest absolute Gasteiger partial charge is 0.504 e. The Bertz CT molecular complexity index is 639. The number of hydrogen-bond donors (Lipinski definition) is 2. The van der Waals surface area contributed by atoms with E-state index in [2.05, 4.69) is 11.0 Å². The van der Waals surface area contributed by atoms with Crippen molar-refractivity contribution in [2.45, 2.75) is 62.8 Å². The Labute approximate surface area is 138 Å². The van der Waals surface area contributed by atoms with Gasteiger partial charge in [0.2, 0.25) is 0 Å². The molecule has 2 bridgehead atoms. The first kappa shape index (κ1) is 14.2. The van der Waals surface area contributed by atoms with Gasteiger partial charge in [-0.1, -0.05) is 18.9 Å². The maximum absolute atomic E-state index is 10.6. The summed E-state index contributed by atoms with van der Waals surface area (Å²) in [7, 11) is 0. The summed E-state index contributed by atoms with van der Waals surface area (Å²) in [4.78, 5) is 2.78. The Balaban J connectivity index is 1.62. The van der Waals surface area contributed by atoms with Gasteiger partial charge in [0.25, 0.3) is 0 Å². The topological polar surface area (TPSA) is 43.7 Å². The molecule has 4 aliphatic rings. The highest BCUT2D eigenvalue weighted by atomic mass is 16.3. The van der Waals surface area contributed by atoms with E-state index < -0.39 is 0 Å². The Kier molecular flexibility index (Phi) is 3.01. The Morgan fingerprint density at radius 3 is 2.78 bits per heavy atom. The van der Waals surface area contributed by atoms with Gasteiger partial charge in [-0.2, -0.15) is 0 Å². The molecule has 5 rings (SSSR count). The van der Waals surface area contributed by atoms with Crippen LogP contribution < -0.4 is 0 Å². The van der Waals surface area contributed by atoms with Crippen molar-refractivity contribution < 1.29 is 10.2 Å². The number of aromatic hydroxyl groups is 2. The number of phenolic OH excluding ortho intramolecular Hbond substituents is 2. The lowest BCUT2D eigenvalue weighted by Crippen LogP contribution is -2.61. The minimum absolute atomic E-state index is 0.0707. The molecule has 0 unspecified atom stereocenters. The van der Waals surface area contributed by atoms with E-state index in [0.717, 1.165) is 24.3 Å². The molecule has 2 N–H and O–H groups in total. The number of phenols is 2. The molecule has 0 aromatic heterocycles. The fourth-order valence-electron chi connectivity index (χ4n) is 6.04. The number of piperidine rings is 1. The lowest BCUT2D eigenvalue weighted by Gasteiger charge is -2.59. The molecule has 3 aliphatic carbocycles. The van der Waals surface area contributed by atoms with Crippen LogP contribution in [0, 0.1) is 11.8 Å². The fraction of sp³-hybridized carbons (Fsp3) is 0.700. The second-order valence-corrected chi connectivity index (χ2v) is 8.44. The Morgan fingerprint density at radius 2 is 1.96 bits per heavy atom. The summed E-state index contributed by atoms with van der Waals surface area (Å²) < 4.78 is 0. The minimum Gasteiger partial charge on any atom is -0.504 e. The number of rotatable bonds is 2. The zero-order valence-electron chi connectivity index (χ0n) is 13.8. The molecule has 1 aliphatic heterocycles. The molecule has 3 heteroatoms. The van der Waals surface area contributed by atoms with Crippen LogP contribution in [0.5, 0.6) is 11.5 Å². The SMILES string of the molecule is Oc1ccc2c(c1O)[C@@]13CCCC[C@H]1[C@@H](C2)N(CC1CC1)CC3. The molecule has 3 fully saturated rings. The van der Waals surface area contributed by atoms with E-state index in [4.69, 9.17) is 0 Å². The van der Waals surface area contributed by atoms with Crippen LogP contribution in [0.3, 0.4) is 0 Å². The van der Waals surface area contributed by atoms with Gasteiger partial charge in [0, 0.05) is 23.6 Å². The van der Waals surface area contributed by atoms with Crippen LogP contribution in [0.4, 0.5) is 0 Å². The molecular formula is C20H27NO2. The molecule has 1 aromatic rings. The van der Waals surface area contributed by atoms with Crippen LogP contribution in [0.15, 0.2) is 12.1 Å². The highest BCUT2D eigenvalue weighted by Crippen LogP contribution is 2.59. The maximum Gasteiger partial charge on any atom is 0.161 e. The van der Waals surface area contributed by atoms with Crippen molar-refractivity contribution in [3.8, 4) is 11.5 Å². The normalized spacial score (nSPS) is 36.3. The minimum atomic E-state index is 0.0707. The Morgan fingerprint density at radius 1 is 1.09 bits per heavy atom. The molecule has 1 heterocycles. The first-order valence-electron chi connectivity index (χ1n) is 9.47. The number of nitrogens with zero attached hydrogens (tertiary/aromatic N) is 1. The molecule has 0 radical (unpaired) electrons. The van der Waals surface area contributed by atoms with Gasteiger partial charge in [-0.3, -0.25) is 4.90 Å². The standard InChI is InChI=1S/C20H27NO2/c22-17-7-6-14-11-16-15-3-1-2-8-20(15,18(14)19(17)23)9-10-21(16)12-13-4-5-13/h6-7,13,15-16,22-23H,1-5,8-12H2/t15-,16+,20+/m0/s1. The summed E-state index contributed by atoms with van der Waals surface area (Å²) in [5.74, 6) is 1.87. The molecule has 3 nitrogen and oxygen atoms in total. The average molecular weight is 313 g/mol. The number of hydrogen-bond acceptors (Lipinski definition) is 3. The van der Waals surface area contributed by atoms with Crippen molar-refractivity contribution in [2.75, 3.05) is 13.1 Å². The molecule has 23 heavy (non-hydrogen) atoms. The van der Waals surface area contributed by atoms with Gasteiger partial charge in [-0.15, -0.1) is 0 Å². The average Bonchev–Trinajstić information content (AvgIpc) is 3.37. The summed E-state index contributed by atoms with van der Waals surface area (Å²) >= 11 is 0. The molecule has 1 aromatic carbocycles. The van der Waals surface area contributed by atoms with Gasteiger partial charge >= 0.3 is 0 Å². The van der Waals surface area contributed by atoms with E-state index in [1.54, 1.807) is 6.07 Å². The van der Waals surface area contributed by atoms with Crippen molar-refractivity contribution in [2.24, 2.45) is 11.8 Å². The maximum atomic E-state index is 10.6. The zero-order chi connectivity index (χ0) is 15.6. The van der Waals surface area contributed by atoms with Crippen LogP contribution >= 0.6 is 0 Å². The van der Waals surface area contributed by atoms with Gasteiger partial charge in [0.1, 0.15) is 0 Å². The third kappa shape index (κ3) is 1.98. The second kappa shape index (κ2) is 4.89. The van der Waals surface area contributed by atoms with Gasteiger partial charge in [-0.25, -0.2) is 0 Å². The van der Waals surface area contributed by atoms with Crippen LogP contribution in [-0.2, 0) is 11.8 Å². The summed E-state index contributed by atoms with van der Waals surface area (Å²) in [6.45, 7) is 2.46. The number of likely N-dealkylation sites (tertiary alicyclic amines) is 1. The molecule has 1 saturated heterocycles. The predicted octanol–water partition coefficient (Wildman–Crippen LogP) is 3.57. The first-order valence-corrected chi connectivity index (χ1v) is 9.47. The van der Waals surface area contributed by atoms with Crippen LogP contribution in [0.2, 0.25) is 0 Å². The van der Waals surface area contributed by atoms with Crippen molar-refractivity contribution in [3.63, 3.8) is 0 Å². The smallest absolute Gasteiger partial charge is 0.161 e. The zero-order valence-corrected chi connectivity index (χ0v) is 13.8. The van der Waals surface area contributed by atoms with Crippen LogP contribution in [-0.4, -0.2) is 34.2 Å². The molecular weight excluding hydrogens is 286 g/mol. The van der Waals surface area contributed by atoms with E-state index in [-0.39, 0.29) is 16.9 Å². The highest BCUT2D eigenvalue weighted by Gasteiger charge is 2.55. The lowest BCUT2D eigenvalue weighted by atomic mass is 9.52. The lowest BCUT2D eigenvalue weighted by molar-refractivity contribution is -0.0146. The summed E-state index contributed by atoms with van der Waals surface area (Å²) in [6, 6.07) is 4.42. The van der Waals surface area contributed by atoms with Crippen LogP contribution in [0.25, 0.3) is 0 Å². The number of benzene rings is 1. The predicted molar refractivity (Wildman–Crippen MR) is 89.8 cm³/mol. The number of fused-ring (bicyclic) bond motifs is 1. The summed E-state index contributed by atoms with van der Waals surface area (Å²) in [6.07, 6.45) is 10.1. The van der Waals surface area contributed by atoms with E-state index in [1.165, 1.54) is 57.2 Å². The first-order chi connectivity index (χ1) is 11.2. The molecule has 0 spiro atoms. The highest BCUT2D eigenvalue weighted by molar-refractivity contribution is 5.55. The molecule has 2 saturated carbocycles. The molecule has 124 valence electrons. The third-order valence-corrected chi connectivity index (χ3v) is 7.24. The van der Waals surface area contributed by atoms with E-state index in [0.29, 0.717) is 12.0 Å². The van der Waals surface area contributed by atoms with Gasteiger partial charge in [-0.05, 0) is 68.5 Å². The van der Waals surface area contributed by atoms with E-state index >= 15 is 0 Å². The van der Waals surface area contributed by atoms with Gasteiger partial charge in [0.15, 0.2) is 11.5 Å². The van der Waals surface area contributed by atoms with Crippen LogP contribution in [0.1, 0.15) is 56.1 Å². The fourth-order valence-corrected chi connectivity index (χ4v) is 6.04. The van der Waals surface area contributed by atoms with E-state index in [1.807, 2.05) is 0 Å². The van der Waals surface area contributed by atoms with Crippen molar-refractivity contribution >= 4 is 0 Å². The monoisotopic (exact) mass is 313 g/mol. The summed E-state index contributed by atoms with van der Waals surface area (Å²) in [5, 5.41) is 20.7. The third-order valence-electron chi connectivity index (χ3n) is 7.24. The Hall–Kier alpha value is -1.22. The van der Waals surface area contributed by atoms with Gasteiger partial charge < -0.3 is 10.2 Å². The molecule has 3 atom stereocenters. The van der Waals surface area contributed by atoms with Crippen molar-refractivity contribution in [3.05, 3.63) is 23.3 Å². The van der Waals surface area contributed by atoms with Crippen molar-refractivity contribution in [1.29, 1.82) is 0 Å². The summed E-state index contributed by atoms with van der Waals surface area (Å²) in [5.41, 5.74) is 2.53. The van der Waals surface area contributed by atoms with Gasteiger partial charge in [0.05, 0.1) is 0 Å². The quantitative estimate of drug-likeness (QED) is 0.820. The second-order valence-electron chi connectivity index (χ2n) is 8.44. The molecule has 0 amide bonds. The van der Waals surface area contributed by atoms with E-state index in [9.17, 15) is 10.2 Å². The van der Waals surface area contributed by atoms with Crippen molar-refractivity contribution in [1.82, 2.24) is 4.90 Å².